The van der Waals surface area contributed by atoms with Crippen molar-refractivity contribution in [2.24, 2.45) is 7.05 Å². The Morgan fingerprint density at radius 1 is 0.174 bits per heavy atom. The first-order valence-corrected chi connectivity index (χ1v) is 51.0. The molecule has 4 aliphatic heterocycles. The molecule has 31 rings (SSSR count). The van der Waals surface area contributed by atoms with Crippen molar-refractivity contribution in [3.05, 3.63) is 504 Å². The maximum absolute atomic E-state index is 7.10. The van der Waals surface area contributed by atoms with Crippen molar-refractivity contribution in [1.29, 1.82) is 0 Å². The number of benzene rings is 23. The number of aromatic nitrogens is 2. The number of hydrogen-bond acceptors (Lipinski definition) is 6. The van der Waals surface area contributed by atoms with Crippen LogP contribution in [0, 0.1) is 0 Å². The van der Waals surface area contributed by atoms with Gasteiger partial charge in [0.1, 0.15) is 68.3 Å². The maximum atomic E-state index is 7.10. The monoisotopic (exact) mass is 1900 g/mol. The lowest BCUT2D eigenvalue weighted by Crippen LogP contribution is -2.57. The molecule has 27 aromatic rings. The number of aryl methyl sites for hydroxylation is 1. The average molecular weight is 1900 g/mol. The zero-order valence-electron chi connectivity index (χ0n) is 80.9. The van der Waals surface area contributed by atoms with E-state index in [1.807, 2.05) is 24.3 Å². The Labute approximate surface area is 860 Å². The van der Waals surface area contributed by atoms with Crippen LogP contribution in [0.15, 0.2) is 512 Å². The van der Waals surface area contributed by atoms with Crippen molar-refractivity contribution < 1.29 is 27.8 Å². The van der Waals surface area contributed by atoms with Gasteiger partial charge in [-0.1, -0.05) is 382 Å². The van der Waals surface area contributed by atoms with E-state index in [0.29, 0.717) is 0 Å². The van der Waals surface area contributed by atoms with Gasteiger partial charge in [0, 0.05) is 78.2 Å². The predicted octanol–water partition coefficient (Wildman–Crippen LogP) is 33.4. The molecule has 0 fully saturated rings. The van der Waals surface area contributed by atoms with Gasteiger partial charge >= 0.3 is 0 Å². The number of para-hydroxylation sites is 9. The van der Waals surface area contributed by atoms with Crippen LogP contribution >= 0.6 is 0 Å². The third-order valence-corrected chi connectivity index (χ3v) is 31.0. The second-order valence-corrected chi connectivity index (χ2v) is 39.3. The van der Waals surface area contributed by atoms with Crippen molar-refractivity contribution >= 4 is 134 Å². The second-order valence-electron chi connectivity index (χ2n) is 39.3. The topological polar surface area (TPSA) is 73.1 Å². The van der Waals surface area contributed by atoms with E-state index in [1.54, 1.807) is 0 Å². The summed E-state index contributed by atoms with van der Waals surface area (Å²) < 4.78 is 46.5. The SMILES string of the molecule is Cn1c2c(-c3ccccc3-c3cc(-c4ccccc4)cc(-c4ccccc4)c3)cccc2c2c3oc4ccccc4c3cc(-c3ccccc3-c3cc(-c4ccccc4)cc(-c4ccccc4)c3)c21.c1ccc(-n2c3c(-c4ccccc4-c4cc5c6c(c4)Oc4ccccc4B6c4ccccc4O5)cccc3c3c4oc5ccccc5c4cc(-c4ccccc4-c4cc5c6c(c4)Oc4ccccc4B6c4ccccc4O5)c32)cc1. The van der Waals surface area contributed by atoms with Gasteiger partial charge < -0.3 is 36.9 Å². The van der Waals surface area contributed by atoms with Gasteiger partial charge in [-0.2, -0.15) is 0 Å². The Balaban J connectivity index is 0.000000139. The highest BCUT2D eigenvalue weighted by molar-refractivity contribution is 6.99. The van der Waals surface area contributed by atoms with E-state index in [0.717, 1.165) is 233 Å². The summed E-state index contributed by atoms with van der Waals surface area (Å²) in [7, 11) is 2.24. The van der Waals surface area contributed by atoms with E-state index < -0.39 is 0 Å². The summed E-state index contributed by atoms with van der Waals surface area (Å²) in [5.41, 5.74) is 42.7. The number of hydrogen-bond donors (Lipinski definition) is 0. The molecule has 4 aliphatic rings. The minimum absolute atomic E-state index is 0.0203. The van der Waals surface area contributed by atoms with Crippen molar-refractivity contribution in [2.75, 3.05) is 0 Å². The quantitative estimate of drug-likeness (QED) is 0.107. The molecule has 0 atom stereocenters. The second kappa shape index (κ2) is 34.4. The summed E-state index contributed by atoms with van der Waals surface area (Å²) in [5, 5.41) is 8.70. The number of ether oxygens (including phenoxy) is 4. The van der Waals surface area contributed by atoms with Gasteiger partial charge in [-0.15, -0.1) is 0 Å². The summed E-state index contributed by atoms with van der Waals surface area (Å²) in [4.78, 5) is 0. The molecule has 0 bridgehead atoms. The molecule has 0 aliphatic carbocycles. The molecule has 0 spiro atoms. The Kier molecular flexibility index (Phi) is 19.7. The van der Waals surface area contributed by atoms with Crippen LogP contribution in [0.1, 0.15) is 0 Å². The van der Waals surface area contributed by atoms with E-state index in [9.17, 15) is 0 Å². The zero-order chi connectivity index (χ0) is 98.0. The molecule has 0 saturated heterocycles. The maximum Gasteiger partial charge on any atom is 0.260 e. The zero-order valence-corrected chi connectivity index (χ0v) is 80.9. The molecule has 8 heterocycles. The van der Waals surface area contributed by atoms with Crippen LogP contribution in [-0.2, 0) is 7.05 Å². The van der Waals surface area contributed by atoms with Crippen LogP contribution in [0.5, 0.6) is 46.0 Å². The molecule has 0 radical (unpaired) electrons. The summed E-state index contributed by atoms with van der Waals surface area (Å²) in [6.07, 6.45) is 0. The van der Waals surface area contributed by atoms with Crippen molar-refractivity contribution in [1.82, 2.24) is 9.13 Å². The summed E-state index contributed by atoms with van der Waals surface area (Å²) in [6.45, 7) is -0.0475. The Morgan fingerprint density at radius 3 is 0.819 bits per heavy atom. The first-order chi connectivity index (χ1) is 73.8. The van der Waals surface area contributed by atoms with E-state index in [-0.39, 0.29) is 13.4 Å². The molecule has 23 aromatic carbocycles. The van der Waals surface area contributed by atoms with Crippen LogP contribution < -0.4 is 51.7 Å². The lowest BCUT2D eigenvalue weighted by molar-refractivity contribution is 0.464. The van der Waals surface area contributed by atoms with Gasteiger partial charge in [0.25, 0.3) is 13.4 Å². The normalized spacial score (nSPS) is 12.4. The van der Waals surface area contributed by atoms with E-state index >= 15 is 0 Å². The van der Waals surface area contributed by atoms with E-state index in [2.05, 4.69) is 495 Å². The van der Waals surface area contributed by atoms with Crippen molar-refractivity contribution in [3.8, 4) is 185 Å². The third-order valence-electron chi connectivity index (χ3n) is 31.0. The van der Waals surface area contributed by atoms with Gasteiger partial charge in [0.2, 0.25) is 0 Å². The first-order valence-electron chi connectivity index (χ1n) is 51.0. The fourth-order valence-electron chi connectivity index (χ4n) is 24.5. The van der Waals surface area contributed by atoms with E-state index in [1.165, 1.54) is 72.3 Å². The van der Waals surface area contributed by atoms with Gasteiger partial charge in [0.05, 0.1) is 32.8 Å². The number of nitrogens with zero attached hydrogens (tertiary/aromatic N) is 2. The van der Waals surface area contributed by atoms with Gasteiger partial charge in [-0.3, -0.25) is 0 Å². The molecule has 8 nitrogen and oxygen atoms in total. The number of furan rings is 2. The van der Waals surface area contributed by atoms with Gasteiger partial charge in [-0.05, 0) is 254 Å². The number of fused-ring (bicyclic) bond motifs is 22. The van der Waals surface area contributed by atoms with Crippen LogP contribution in [-0.4, -0.2) is 22.6 Å². The third kappa shape index (κ3) is 13.8. The highest BCUT2D eigenvalue weighted by Gasteiger charge is 2.43. The number of rotatable bonds is 13. The highest BCUT2D eigenvalue weighted by atomic mass is 16.5. The molecule has 0 saturated carbocycles. The van der Waals surface area contributed by atoms with Crippen LogP contribution in [0.3, 0.4) is 0 Å². The lowest BCUT2D eigenvalue weighted by atomic mass is 9.35. The highest BCUT2D eigenvalue weighted by Crippen LogP contribution is 2.55. The molecular formula is C139H86B2N2O6. The summed E-state index contributed by atoms with van der Waals surface area (Å²) in [6, 6.07) is 181. The molecule has 0 N–H and O–H groups in total. The molecular weight excluding hydrogens is 1820 g/mol. The Hall–Kier alpha value is -19.4. The molecule has 149 heavy (non-hydrogen) atoms. The smallest absolute Gasteiger partial charge is 0.260 e. The summed E-state index contributed by atoms with van der Waals surface area (Å²) >= 11 is 0. The minimum Gasteiger partial charge on any atom is -0.458 e. The van der Waals surface area contributed by atoms with E-state index in [4.69, 9.17) is 27.8 Å². The van der Waals surface area contributed by atoms with Crippen LogP contribution in [0.2, 0.25) is 0 Å². The average Bonchev–Trinajstić information content (AvgIpc) is 1.37. The minimum atomic E-state index is -0.0272. The standard InChI is InChI=1S/C72H41B2NO5.C67H45NO/c1-2-19-44(20-3-1)75-70-50(47-23-6-4-21-45(47)42-37-63-68-64(38-42)77-60-34-15-10-29-55(60)73(68)54-28-9-14-33-59(54)76-63)26-18-27-51(70)67-71(75)52(41-53-49-25-8-13-32-58(49)80-72(53)67)48-24-7-5-22-46(48)43-39-65-69-66(40-43)79-62-36-17-12-31-57(62)74(69)56-30-11-16-35-61(56)78-65;1-68-65-59(56-31-16-14-29-54(56)52-39-48(44-21-6-2-7-22-44)37-49(40-52)45-23-8-3-9-24-45)34-20-35-60(65)64-66(68)61(43-62-58-33-18-19-36-63(58)69-67(62)64)57-32-17-15-30-55(57)53-41-50(46-25-10-4-11-26-46)38-51(42-53)47-27-12-5-13-28-47/h1-41H;2-43H,1H3. The predicted molar refractivity (Wildman–Crippen MR) is 616 cm³/mol. The van der Waals surface area contributed by atoms with Crippen molar-refractivity contribution in [3.63, 3.8) is 0 Å². The molecule has 4 aromatic heterocycles. The molecule has 0 amide bonds. The van der Waals surface area contributed by atoms with Crippen LogP contribution in [0.25, 0.3) is 227 Å². The summed E-state index contributed by atoms with van der Waals surface area (Å²) in [5.74, 6) is 6.62. The van der Waals surface area contributed by atoms with Crippen molar-refractivity contribution in [2.45, 2.75) is 0 Å². The Morgan fingerprint density at radius 2 is 0.443 bits per heavy atom. The van der Waals surface area contributed by atoms with Gasteiger partial charge in [-0.25, -0.2) is 0 Å². The van der Waals surface area contributed by atoms with Gasteiger partial charge in [0.15, 0.2) is 0 Å². The first kappa shape index (κ1) is 85.2. The largest absolute Gasteiger partial charge is 0.458 e. The fourth-order valence-corrected chi connectivity index (χ4v) is 24.5. The molecule has 694 valence electrons. The fraction of sp³-hybridized carbons (Fsp3) is 0.00719. The molecule has 0 unspecified atom stereocenters. The molecule has 10 heteroatoms. The van der Waals surface area contributed by atoms with Crippen LogP contribution in [0.4, 0.5) is 0 Å². The lowest BCUT2D eigenvalue weighted by Gasteiger charge is -2.33. The Bertz CT molecular complexity index is 9950.